The topological polar surface area (TPSA) is 71.3 Å². The van der Waals surface area contributed by atoms with E-state index in [0.717, 1.165) is 30.5 Å². The maximum absolute atomic E-state index is 12.6. The molecule has 10 heteroatoms. The zero-order valence-electron chi connectivity index (χ0n) is 15.9. The third-order valence-electron chi connectivity index (χ3n) is 5.01. The summed E-state index contributed by atoms with van der Waals surface area (Å²) in [5, 5.41) is 14.8. The fourth-order valence-corrected chi connectivity index (χ4v) is 4.02. The summed E-state index contributed by atoms with van der Waals surface area (Å²) in [6.45, 7) is 1.57. The SMILES string of the molecule is O=C(CN1CCC(c2nnc(-c3ccsc3)o2)CC1)Nc1ccc(C(F)(F)F)cc1. The number of amides is 1. The number of carbonyl (C=O) groups is 1. The van der Waals surface area contributed by atoms with Gasteiger partial charge in [0.15, 0.2) is 0 Å². The second-order valence-electron chi connectivity index (χ2n) is 7.13. The van der Waals surface area contributed by atoms with E-state index in [9.17, 15) is 18.0 Å². The van der Waals surface area contributed by atoms with Gasteiger partial charge < -0.3 is 9.73 Å². The predicted molar refractivity (Wildman–Crippen MR) is 106 cm³/mol. The van der Waals surface area contributed by atoms with Crippen molar-refractivity contribution in [2.75, 3.05) is 25.0 Å². The number of aromatic nitrogens is 2. The van der Waals surface area contributed by atoms with Crippen LogP contribution in [0.3, 0.4) is 0 Å². The van der Waals surface area contributed by atoms with Gasteiger partial charge in [-0.2, -0.15) is 24.5 Å². The molecule has 6 nitrogen and oxygen atoms in total. The predicted octanol–water partition coefficient (Wildman–Crippen LogP) is 4.64. The Hall–Kier alpha value is -2.72. The Balaban J connectivity index is 1.26. The first-order valence-electron chi connectivity index (χ1n) is 9.44. The normalized spacial score (nSPS) is 16.0. The van der Waals surface area contributed by atoms with Gasteiger partial charge in [-0.05, 0) is 61.6 Å². The molecule has 1 aliphatic rings. The summed E-state index contributed by atoms with van der Waals surface area (Å²) in [6.07, 6.45) is -2.81. The van der Waals surface area contributed by atoms with Crippen LogP contribution in [0.25, 0.3) is 11.5 Å². The molecular formula is C20H19F3N4O2S. The molecule has 158 valence electrons. The van der Waals surface area contributed by atoms with E-state index >= 15 is 0 Å². The van der Waals surface area contributed by atoms with Gasteiger partial charge in [-0.1, -0.05) is 0 Å². The van der Waals surface area contributed by atoms with E-state index in [2.05, 4.69) is 15.5 Å². The van der Waals surface area contributed by atoms with Crippen molar-refractivity contribution in [3.63, 3.8) is 0 Å². The molecule has 0 bridgehead atoms. The Morgan fingerprint density at radius 3 is 2.53 bits per heavy atom. The van der Waals surface area contributed by atoms with E-state index in [4.69, 9.17) is 4.42 Å². The number of hydrogen-bond donors (Lipinski definition) is 1. The molecule has 0 spiro atoms. The van der Waals surface area contributed by atoms with E-state index in [-0.39, 0.29) is 18.4 Å². The van der Waals surface area contributed by atoms with Gasteiger partial charge in [-0.25, -0.2) is 0 Å². The molecule has 0 saturated carbocycles. The smallest absolute Gasteiger partial charge is 0.416 e. The first-order chi connectivity index (χ1) is 14.4. The lowest BCUT2D eigenvalue weighted by molar-refractivity contribution is -0.137. The summed E-state index contributed by atoms with van der Waals surface area (Å²) in [5.74, 6) is 1.03. The Kier molecular flexibility index (Phi) is 5.87. The molecule has 2 aromatic heterocycles. The minimum atomic E-state index is -4.39. The zero-order chi connectivity index (χ0) is 21.1. The van der Waals surface area contributed by atoms with Crippen LogP contribution in [-0.4, -0.2) is 40.6 Å². The van der Waals surface area contributed by atoms with Crippen LogP contribution in [0.15, 0.2) is 45.5 Å². The number of benzene rings is 1. The molecule has 1 aromatic carbocycles. The van der Waals surface area contributed by atoms with Gasteiger partial charge in [-0.3, -0.25) is 9.69 Å². The lowest BCUT2D eigenvalue weighted by atomic mass is 9.97. The van der Waals surface area contributed by atoms with E-state index in [0.29, 0.717) is 30.6 Å². The van der Waals surface area contributed by atoms with E-state index in [1.54, 1.807) is 11.3 Å². The fourth-order valence-electron chi connectivity index (χ4n) is 3.39. The molecule has 3 heterocycles. The summed E-state index contributed by atoms with van der Waals surface area (Å²) in [6, 6.07) is 6.35. The zero-order valence-corrected chi connectivity index (χ0v) is 16.7. The quantitative estimate of drug-likeness (QED) is 0.631. The number of nitrogens with one attached hydrogen (secondary N) is 1. The molecule has 1 amide bonds. The van der Waals surface area contributed by atoms with Crippen molar-refractivity contribution < 1.29 is 22.4 Å². The number of carbonyl (C=O) groups excluding carboxylic acids is 1. The maximum atomic E-state index is 12.6. The van der Waals surface area contributed by atoms with Gasteiger partial charge in [0, 0.05) is 22.5 Å². The largest absolute Gasteiger partial charge is 0.420 e. The van der Waals surface area contributed by atoms with Crippen LogP contribution in [0.4, 0.5) is 18.9 Å². The average Bonchev–Trinajstić information content (AvgIpc) is 3.40. The van der Waals surface area contributed by atoms with Crippen molar-refractivity contribution in [2.45, 2.75) is 24.9 Å². The van der Waals surface area contributed by atoms with Crippen LogP contribution in [0.5, 0.6) is 0 Å². The number of hydrogen-bond acceptors (Lipinski definition) is 6. The van der Waals surface area contributed by atoms with Gasteiger partial charge in [0.25, 0.3) is 0 Å². The van der Waals surface area contributed by atoms with Crippen molar-refractivity contribution >= 4 is 22.9 Å². The van der Waals surface area contributed by atoms with Crippen LogP contribution in [-0.2, 0) is 11.0 Å². The molecule has 4 rings (SSSR count). The van der Waals surface area contributed by atoms with Crippen LogP contribution in [0.1, 0.15) is 30.2 Å². The molecule has 1 aliphatic heterocycles. The van der Waals surface area contributed by atoms with E-state index in [1.165, 1.54) is 12.1 Å². The van der Waals surface area contributed by atoms with Gasteiger partial charge in [0.2, 0.25) is 17.7 Å². The van der Waals surface area contributed by atoms with Crippen molar-refractivity contribution in [3.05, 3.63) is 52.5 Å². The number of halogens is 3. The molecule has 0 aliphatic carbocycles. The Morgan fingerprint density at radius 2 is 1.90 bits per heavy atom. The van der Waals surface area contributed by atoms with E-state index < -0.39 is 11.7 Å². The lowest BCUT2D eigenvalue weighted by Gasteiger charge is -2.29. The summed E-state index contributed by atoms with van der Waals surface area (Å²) < 4.78 is 43.6. The Labute approximate surface area is 174 Å². The van der Waals surface area contributed by atoms with Gasteiger partial charge >= 0.3 is 6.18 Å². The monoisotopic (exact) mass is 436 g/mol. The van der Waals surface area contributed by atoms with Crippen molar-refractivity contribution in [2.24, 2.45) is 0 Å². The molecular weight excluding hydrogens is 417 g/mol. The minimum absolute atomic E-state index is 0.152. The number of nitrogens with zero attached hydrogens (tertiary/aromatic N) is 3. The Morgan fingerprint density at radius 1 is 1.17 bits per heavy atom. The highest BCUT2D eigenvalue weighted by atomic mass is 32.1. The van der Waals surface area contributed by atoms with Gasteiger partial charge in [0.05, 0.1) is 12.1 Å². The summed E-state index contributed by atoms with van der Waals surface area (Å²) in [5.41, 5.74) is 0.511. The van der Waals surface area contributed by atoms with Crippen molar-refractivity contribution in [1.82, 2.24) is 15.1 Å². The number of likely N-dealkylation sites (tertiary alicyclic amines) is 1. The highest BCUT2D eigenvalue weighted by Crippen LogP contribution is 2.31. The summed E-state index contributed by atoms with van der Waals surface area (Å²) in [4.78, 5) is 14.2. The van der Waals surface area contributed by atoms with Crippen molar-refractivity contribution in [3.8, 4) is 11.5 Å². The maximum Gasteiger partial charge on any atom is 0.416 e. The number of anilines is 1. The molecule has 30 heavy (non-hydrogen) atoms. The lowest BCUT2D eigenvalue weighted by Crippen LogP contribution is -2.38. The van der Waals surface area contributed by atoms with Crippen LogP contribution in [0, 0.1) is 0 Å². The Bertz CT molecular complexity index is 978. The molecule has 0 unspecified atom stereocenters. The first-order valence-corrected chi connectivity index (χ1v) is 10.4. The van der Waals surface area contributed by atoms with Gasteiger partial charge in [-0.15, -0.1) is 10.2 Å². The highest BCUT2D eigenvalue weighted by molar-refractivity contribution is 7.08. The molecule has 0 atom stereocenters. The van der Waals surface area contributed by atoms with E-state index in [1.807, 2.05) is 21.7 Å². The molecule has 0 radical (unpaired) electrons. The number of rotatable bonds is 5. The van der Waals surface area contributed by atoms with Crippen LogP contribution in [0.2, 0.25) is 0 Å². The molecule has 1 fully saturated rings. The van der Waals surface area contributed by atoms with Gasteiger partial charge in [0.1, 0.15) is 0 Å². The first kappa shape index (κ1) is 20.5. The second kappa shape index (κ2) is 8.57. The standard InChI is InChI=1S/C20H19F3N4O2S/c21-20(22,23)15-1-3-16(4-2-15)24-17(28)11-27-8-5-13(6-9-27)18-25-26-19(29-18)14-7-10-30-12-14/h1-4,7,10,12-13H,5-6,8-9,11H2,(H,24,28). The summed E-state index contributed by atoms with van der Waals surface area (Å²) in [7, 11) is 0. The molecule has 1 saturated heterocycles. The number of alkyl halides is 3. The average molecular weight is 436 g/mol. The third kappa shape index (κ3) is 4.88. The van der Waals surface area contributed by atoms with Crippen molar-refractivity contribution in [1.29, 1.82) is 0 Å². The fraction of sp³-hybridized carbons (Fsp3) is 0.350. The van der Waals surface area contributed by atoms with Crippen LogP contribution < -0.4 is 5.32 Å². The molecule has 1 N–H and O–H groups in total. The minimum Gasteiger partial charge on any atom is -0.420 e. The third-order valence-corrected chi connectivity index (χ3v) is 5.69. The molecule has 3 aromatic rings. The second-order valence-corrected chi connectivity index (χ2v) is 7.91. The number of piperidine rings is 1. The highest BCUT2D eigenvalue weighted by Gasteiger charge is 2.30. The summed E-state index contributed by atoms with van der Waals surface area (Å²) >= 11 is 1.57. The number of thiophene rings is 1. The van der Waals surface area contributed by atoms with Crippen LogP contribution >= 0.6 is 11.3 Å².